The van der Waals surface area contributed by atoms with Crippen molar-refractivity contribution in [3.63, 3.8) is 0 Å². The summed E-state index contributed by atoms with van der Waals surface area (Å²) in [5.41, 5.74) is 2.14. The van der Waals surface area contributed by atoms with Gasteiger partial charge in [0, 0.05) is 28.7 Å². The van der Waals surface area contributed by atoms with E-state index in [0.717, 1.165) is 33.7 Å². The number of hydrogen-bond donors (Lipinski definition) is 0. The van der Waals surface area contributed by atoms with Gasteiger partial charge in [-0.1, -0.05) is 25.6 Å². The Morgan fingerprint density at radius 1 is 1.12 bits per heavy atom. The number of benzene rings is 1. The Kier molecular flexibility index (Phi) is 5.98. The molecule has 2 heterocycles. The van der Waals surface area contributed by atoms with Gasteiger partial charge in [0.15, 0.2) is 11.0 Å². The van der Waals surface area contributed by atoms with E-state index in [2.05, 4.69) is 47.8 Å². The molecule has 138 valence electrons. The minimum absolute atomic E-state index is 0.270. The quantitative estimate of drug-likeness (QED) is 0.507. The van der Waals surface area contributed by atoms with Gasteiger partial charge in [0.25, 0.3) is 0 Å². The van der Waals surface area contributed by atoms with Crippen molar-refractivity contribution in [3.05, 3.63) is 40.3 Å². The lowest BCUT2D eigenvalue weighted by Gasteiger charge is -2.13. The molecule has 0 aliphatic carbocycles. The molecular formula is C19H24N4OS2. The van der Waals surface area contributed by atoms with E-state index in [4.69, 9.17) is 9.72 Å². The number of nitrogens with zero attached hydrogens (tertiary/aromatic N) is 4. The van der Waals surface area contributed by atoms with Crippen LogP contribution in [0.2, 0.25) is 0 Å². The Bertz CT molecular complexity index is 853. The van der Waals surface area contributed by atoms with Crippen LogP contribution in [0.3, 0.4) is 0 Å². The fourth-order valence-corrected chi connectivity index (χ4v) is 4.47. The number of methoxy groups -OCH3 is 1. The van der Waals surface area contributed by atoms with E-state index in [1.54, 1.807) is 30.2 Å². The molecule has 0 aliphatic rings. The van der Waals surface area contributed by atoms with Crippen LogP contribution in [0, 0.1) is 0 Å². The van der Waals surface area contributed by atoms with Crippen LogP contribution in [-0.2, 0) is 5.75 Å². The molecular weight excluding hydrogens is 364 g/mol. The summed E-state index contributed by atoms with van der Waals surface area (Å²) in [6.07, 6.45) is 0. The molecule has 0 unspecified atom stereocenters. The predicted molar refractivity (Wildman–Crippen MR) is 108 cm³/mol. The van der Waals surface area contributed by atoms with Crippen molar-refractivity contribution in [1.29, 1.82) is 0 Å². The number of aromatic nitrogens is 4. The van der Waals surface area contributed by atoms with E-state index in [1.807, 2.05) is 24.3 Å². The number of thiazole rings is 1. The lowest BCUT2D eigenvalue weighted by atomic mass is 10.2. The summed E-state index contributed by atoms with van der Waals surface area (Å²) in [5, 5.41) is 13.1. The van der Waals surface area contributed by atoms with Crippen LogP contribution in [-0.4, -0.2) is 26.9 Å². The van der Waals surface area contributed by atoms with Gasteiger partial charge in [0.1, 0.15) is 5.75 Å². The highest BCUT2D eigenvalue weighted by Crippen LogP contribution is 2.31. The molecule has 0 amide bonds. The lowest BCUT2D eigenvalue weighted by molar-refractivity contribution is 0.415. The third-order valence-corrected chi connectivity index (χ3v) is 6.11. The first-order valence-electron chi connectivity index (χ1n) is 8.66. The van der Waals surface area contributed by atoms with Gasteiger partial charge in [-0.3, -0.25) is 4.57 Å². The second-order valence-corrected chi connectivity index (χ2v) is 8.45. The summed E-state index contributed by atoms with van der Waals surface area (Å²) in [6, 6.07) is 8.21. The van der Waals surface area contributed by atoms with E-state index in [9.17, 15) is 0 Å². The summed E-state index contributed by atoms with van der Waals surface area (Å²) in [5.74, 6) is 2.99. The number of thioether (sulfide) groups is 1. The molecule has 0 atom stereocenters. The fourth-order valence-electron chi connectivity index (χ4n) is 2.57. The zero-order chi connectivity index (χ0) is 18.7. The molecule has 7 heteroatoms. The first-order valence-corrected chi connectivity index (χ1v) is 10.5. The molecule has 0 saturated heterocycles. The molecule has 5 nitrogen and oxygen atoms in total. The number of ether oxygens (including phenoxy) is 1. The minimum atomic E-state index is 0.270. The van der Waals surface area contributed by atoms with Crippen LogP contribution in [0.4, 0.5) is 0 Å². The monoisotopic (exact) mass is 388 g/mol. The van der Waals surface area contributed by atoms with Crippen LogP contribution >= 0.6 is 23.1 Å². The molecule has 0 fully saturated rings. The van der Waals surface area contributed by atoms with Crippen molar-refractivity contribution in [2.24, 2.45) is 0 Å². The van der Waals surface area contributed by atoms with E-state index >= 15 is 0 Å². The normalized spacial score (nSPS) is 11.5. The summed E-state index contributed by atoms with van der Waals surface area (Å²) in [7, 11) is 1.67. The van der Waals surface area contributed by atoms with Gasteiger partial charge in [0.2, 0.25) is 0 Å². The number of rotatable bonds is 7. The summed E-state index contributed by atoms with van der Waals surface area (Å²) in [6.45, 7) is 8.65. The largest absolute Gasteiger partial charge is 0.497 e. The van der Waals surface area contributed by atoms with Gasteiger partial charge in [-0.15, -0.1) is 21.5 Å². The average molecular weight is 389 g/mol. The molecule has 3 rings (SSSR count). The Balaban J connectivity index is 1.82. The summed E-state index contributed by atoms with van der Waals surface area (Å²) in [4.78, 5) is 4.71. The van der Waals surface area contributed by atoms with Crippen LogP contribution in [0.25, 0.3) is 11.4 Å². The highest BCUT2D eigenvalue weighted by atomic mass is 32.2. The van der Waals surface area contributed by atoms with Gasteiger partial charge in [-0.25, -0.2) is 4.98 Å². The maximum absolute atomic E-state index is 5.24. The van der Waals surface area contributed by atoms with Gasteiger partial charge in [-0.05, 0) is 38.1 Å². The predicted octanol–water partition coefficient (Wildman–Crippen LogP) is 5.41. The summed E-state index contributed by atoms with van der Waals surface area (Å²) < 4.78 is 7.42. The zero-order valence-corrected chi connectivity index (χ0v) is 17.4. The van der Waals surface area contributed by atoms with Crippen molar-refractivity contribution >= 4 is 23.1 Å². The van der Waals surface area contributed by atoms with Crippen molar-refractivity contribution in [3.8, 4) is 17.1 Å². The average Bonchev–Trinajstić information content (AvgIpc) is 3.27. The number of hydrogen-bond acceptors (Lipinski definition) is 6. The maximum Gasteiger partial charge on any atom is 0.192 e. The van der Waals surface area contributed by atoms with Crippen LogP contribution in [0.5, 0.6) is 5.75 Å². The molecule has 0 bridgehead atoms. The second-order valence-electron chi connectivity index (χ2n) is 6.62. The Morgan fingerprint density at radius 3 is 2.42 bits per heavy atom. The van der Waals surface area contributed by atoms with E-state index in [-0.39, 0.29) is 6.04 Å². The molecule has 1 aromatic carbocycles. The Hall–Kier alpha value is -1.86. The van der Waals surface area contributed by atoms with Crippen molar-refractivity contribution < 1.29 is 4.74 Å². The van der Waals surface area contributed by atoms with Gasteiger partial charge >= 0.3 is 0 Å². The molecule has 2 aromatic heterocycles. The molecule has 26 heavy (non-hydrogen) atoms. The van der Waals surface area contributed by atoms with Crippen LogP contribution in [0.1, 0.15) is 50.4 Å². The highest BCUT2D eigenvalue weighted by Gasteiger charge is 2.17. The molecule has 0 N–H and O–H groups in total. The third-order valence-electron chi connectivity index (χ3n) is 3.94. The molecule has 3 aromatic rings. The Labute approximate surface area is 162 Å². The first kappa shape index (κ1) is 18.9. The maximum atomic E-state index is 5.24. The SMILES string of the molecule is COc1ccc(-c2nnc(SCc3csc(C(C)C)n3)n2C(C)C)cc1. The van der Waals surface area contributed by atoms with Crippen LogP contribution in [0.15, 0.2) is 34.8 Å². The minimum Gasteiger partial charge on any atom is -0.497 e. The molecule has 0 aliphatic heterocycles. The molecule has 0 saturated carbocycles. The molecule has 0 spiro atoms. The second kappa shape index (κ2) is 8.22. The first-order chi connectivity index (χ1) is 12.5. The third kappa shape index (κ3) is 4.10. The smallest absolute Gasteiger partial charge is 0.192 e. The van der Waals surface area contributed by atoms with Crippen molar-refractivity contribution in [2.75, 3.05) is 7.11 Å². The van der Waals surface area contributed by atoms with E-state index in [0.29, 0.717) is 5.92 Å². The fraction of sp³-hybridized carbons (Fsp3) is 0.421. The lowest BCUT2D eigenvalue weighted by Crippen LogP contribution is -2.05. The highest BCUT2D eigenvalue weighted by molar-refractivity contribution is 7.98. The van der Waals surface area contributed by atoms with Crippen LogP contribution < -0.4 is 4.74 Å². The van der Waals surface area contributed by atoms with Gasteiger partial charge in [0.05, 0.1) is 17.8 Å². The van der Waals surface area contributed by atoms with Crippen molar-refractivity contribution in [2.45, 2.75) is 50.6 Å². The standard InChI is InChI=1S/C19H24N4OS2/c1-12(2)18-20-15(10-25-18)11-26-19-22-21-17(23(19)13(3)4)14-6-8-16(24-5)9-7-14/h6-10,12-13H,11H2,1-5H3. The van der Waals surface area contributed by atoms with Gasteiger partial charge in [-0.2, -0.15) is 0 Å². The van der Waals surface area contributed by atoms with E-state index < -0.39 is 0 Å². The van der Waals surface area contributed by atoms with E-state index in [1.165, 1.54) is 5.01 Å². The zero-order valence-electron chi connectivity index (χ0n) is 15.8. The van der Waals surface area contributed by atoms with Crippen molar-refractivity contribution in [1.82, 2.24) is 19.7 Å². The topological polar surface area (TPSA) is 52.8 Å². The van der Waals surface area contributed by atoms with Gasteiger partial charge < -0.3 is 4.74 Å². The Morgan fingerprint density at radius 2 is 1.85 bits per heavy atom. The molecule has 0 radical (unpaired) electrons. The summed E-state index contributed by atoms with van der Waals surface area (Å²) >= 11 is 3.42.